The number of carbonyl (C=O) groups excluding carboxylic acids is 1. The predicted molar refractivity (Wildman–Crippen MR) is 99.3 cm³/mol. The molecule has 1 saturated heterocycles. The van der Waals surface area contributed by atoms with E-state index in [1.165, 1.54) is 12.2 Å². The van der Waals surface area contributed by atoms with Crippen molar-refractivity contribution < 1.29 is 4.79 Å². The molecule has 1 atom stereocenters. The van der Waals surface area contributed by atoms with E-state index in [9.17, 15) is 19.2 Å². The van der Waals surface area contributed by atoms with Gasteiger partial charge in [0.1, 0.15) is 6.54 Å². The normalized spacial score (nSPS) is 17.1. The minimum absolute atomic E-state index is 0.0371. The number of carbonyl (C=O) groups is 1. The lowest BCUT2D eigenvalue weighted by Crippen LogP contribution is -2.56. The van der Waals surface area contributed by atoms with Gasteiger partial charge in [-0.25, -0.2) is 28.1 Å². The molecule has 0 saturated carbocycles. The van der Waals surface area contributed by atoms with Crippen LogP contribution < -0.4 is 17.1 Å². The van der Waals surface area contributed by atoms with Gasteiger partial charge in [0.05, 0.1) is 13.1 Å². The van der Waals surface area contributed by atoms with Crippen molar-refractivity contribution in [2.24, 2.45) is 0 Å². The first kappa shape index (κ1) is 19.7. The maximum Gasteiger partial charge on any atom is 0.337 e. The number of hydrogen-bond acceptors (Lipinski definition) is 4. The first-order valence-electron chi connectivity index (χ1n) is 8.92. The van der Waals surface area contributed by atoms with Crippen LogP contribution in [0.3, 0.4) is 0 Å². The largest absolute Gasteiger partial charge is 0.338 e. The second kappa shape index (κ2) is 8.64. The summed E-state index contributed by atoms with van der Waals surface area (Å²) in [5, 5.41) is 0. The van der Waals surface area contributed by atoms with Crippen molar-refractivity contribution >= 4 is 5.91 Å². The SMILES string of the molecule is C=CCn1c(=O)n(CC=C)c(=O)n(CC(=O)N2CCCCC2CC)c1=O. The van der Waals surface area contributed by atoms with Crippen molar-refractivity contribution in [2.75, 3.05) is 6.54 Å². The van der Waals surface area contributed by atoms with E-state index in [0.29, 0.717) is 6.54 Å². The summed E-state index contributed by atoms with van der Waals surface area (Å²) in [5.74, 6) is -0.273. The molecule has 1 aromatic rings. The van der Waals surface area contributed by atoms with Crippen LogP contribution in [0, 0.1) is 0 Å². The molecule has 1 aromatic heterocycles. The zero-order chi connectivity index (χ0) is 19.3. The van der Waals surface area contributed by atoms with Gasteiger partial charge in [0.15, 0.2) is 0 Å². The van der Waals surface area contributed by atoms with Crippen molar-refractivity contribution in [3.8, 4) is 0 Å². The molecule has 26 heavy (non-hydrogen) atoms. The van der Waals surface area contributed by atoms with Crippen molar-refractivity contribution in [1.82, 2.24) is 18.6 Å². The van der Waals surface area contributed by atoms with Crippen LogP contribution in [0.4, 0.5) is 0 Å². The summed E-state index contributed by atoms with van der Waals surface area (Å²) in [5.41, 5.74) is -2.31. The minimum Gasteiger partial charge on any atom is -0.338 e. The zero-order valence-electron chi connectivity index (χ0n) is 15.2. The van der Waals surface area contributed by atoms with Crippen LogP contribution in [0.25, 0.3) is 0 Å². The summed E-state index contributed by atoms with van der Waals surface area (Å²) in [4.78, 5) is 52.0. The molecule has 1 unspecified atom stereocenters. The monoisotopic (exact) mass is 362 g/mol. The van der Waals surface area contributed by atoms with E-state index < -0.39 is 17.1 Å². The summed E-state index contributed by atoms with van der Waals surface area (Å²) in [7, 11) is 0. The van der Waals surface area contributed by atoms with Gasteiger partial charge in [-0.2, -0.15) is 0 Å². The van der Waals surface area contributed by atoms with Crippen LogP contribution in [0.15, 0.2) is 39.7 Å². The molecular weight excluding hydrogens is 336 g/mol. The third kappa shape index (κ3) is 3.79. The Kier molecular flexibility index (Phi) is 6.54. The molecule has 0 N–H and O–H groups in total. The molecular formula is C18H26N4O4. The molecule has 8 nitrogen and oxygen atoms in total. The molecule has 142 valence electrons. The molecule has 0 aliphatic carbocycles. The van der Waals surface area contributed by atoms with E-state index >= 15 is 0 Å². The smallest absolute Gasteiger partial charge is 0.337 e. The third-order valence-corrected chi connectivity index (χ3v) is 4.72. The summed E-state index contributed by atoms with van der Waals surface area (Å²) < 4.78 is 2.63. The van der Waals surface area contributed by atoms with Crippen LogP contribution in [-0.4, -0.2) is 37.1 Å². The van der Waals surface area contributed by atoms with E-state index in [1.807, 2.05) is 6.92 Å². The van der Waals surface area contributed by atoms with Gasteiger partial charge >= 0.3 is 17.1 Å². The van der Waals surface area contributed by atoms with Crippen LogP contribution in [0.1, 0.15) is 32.6 Å². The molecule has 1 aliphatic rings. The number of rotatable bonds is 7. The van der Waals surface area contributed by atoms with Crippen LogP contribution in [0.2, 0.25) is 0 Å². The Morgan fingerprint density at radius 1 is 1.00 bits per heavy atom. The summed E-state index contributed by atoms with van der Waals surface area (Å²) in [6, 6.07) is 0.126. The highest BCUT2D eigenvalue weighted by atomic mass is 16.2. The van der Waals surface area contributed by atoms with E-state index in [4.69, 9.17) is 0 Å². The lowest BCUT2D eigenvalue weighted by Gasteiger charge is -2.35. The van der Waals surface area contributed by atoms with Gasteiger partial charge in [0.25, 0.3) is 0 Å². The topological polar surface area (TPSA) is 86.3 Å². The van der Waals surface area contributed by atoms with E-state index in [-0.39, 0.29) is 31.6 Å². The Hall–Kier alpha value is -2.64. The Balaban J connectivity index is 2.48. The number of nitrogens with zero attached hydrogens (tertiary/aromatic N) is 4. The number of likely N-dealkylation sites (tertiary alicyclic amines) is 1. The highest BCUT2D eigenvalue weighted by Gasteiger charge is 2.26. The molecule has 1 fully saturated rings. The Bertz CT molecular complexity index is 813. The van der Waals surface area contributed by atoms with E-state index in [0.717, 1.165) is 39.4 Å². The van der Waals surface area contributed by atoms with Crippen molar-refractivity contribution in [3.63, 3.8) is 0 Å². The summed E-state index contributed by atoms with van der Waals surface area (Å²) in [6.07, 6.45) is 6.53. The standard InChI is InChI=1S/C18H26N4O4/c1-4-10-20-16(24)21(11-5-2)18(26)22(17(20)25)13-15(23)19-12-8-7-9-14(19)6-3/h4-5,14H,1-2,6-13H2,3H3. The molecule has 1 aliphatic heterocycles. The molecule has 0 aromatic carbocycles. The second-order valence-electron chi connectivity index (χ2n) is 6.38. The Labute approximate surface area is 151 Å². The number of aromatic nitrogens is 3. The van der Waals surface area contributed by atoms with E-state index in [1.54, 1.807) is 4.90 Å². The number of allylic oxidation sites excluding steroid dienone is 2. The maximum atomic E-state index is 12.8. The predicted octanol–water partition coefficient (Wildman–Crippen LogP) is 0.335. The highest BCUT2D eigenvalue weighted by Crippen LogP contribution is 2.19. The lowest BCUT2D eigenvalue weighted by molar-refractivity contribution is -0.135. The fourth-order valence-electron chi connectivity index (χ4n) is 3.37. The molecule has 2 rings (SSSR count). The average molecular weight is 362 g/mol. The maximum absolute atomic E-state index is 12.8. The van der Waals surface area contributed by atoms with Gasteiger partial charge < -0.3 is 4.90 Å². The van der Waals surface area contributed by atoms with Gasteiger partial charge in [-0.3, -0.25) is 4.79 Å². The molecule has 2 heterocycles. The van der Waals surface area contributed by atoms with Crippen LogP contribution >= 0.6 is 0 Å². The van der Waals surface area contributed by atoms with Gasteiger partial charge in [0, 0.05) is 12.6 Å². The quantitative estimate of drug-likeness (QED) is 0.655. The van der Waals surface area contributed by atoms with Gasteiger partial charge in [0.2, 0.25) is 5.91 Å². The average Bonchev–Trinajstić information content (AvgIpc) is 2.65. The van der Waals surface area contributed by atoms with Gasteiger partial charge in [-0.05, 0) is 25.7 Å². The zero-order valence-corrected chi connectivity index (χ0v) is 15.2. The van der Waals surface area contributed by atoms with Gasteiger partial charge in [-0.15, -0.1) is 13.2 Å². The van der Waals surface area contributed by atoms with Gasteiger partial charge in [-0.1, -0.05) is 19.1 Å². The Morgan fingerprint density at radius 3 is 2.04 bits per heavy atom. The first-order chi connectivity index (χ1) is 12.5. The second-order valence-corrected chi connectivity index (χ2v) is 6.38. The number of hydrogen-bond donors (Lipinski definition) is 0. The van der Waals surface area contributed by atoms with Crippen LogP contribution in [-0.2, 0) is 24.4 Å². The van der Waals surface area contributed by atoms with Crippen LogP contribution in [0.5, 0.6) is 0 Å². The fraction of sp³-hybridized carbons (Fsp3) is 0.556. The molecule has 0 spiro atoms. The number of piperidine rings is 1. The molecule has 0 bridgehead atoms. The van der Waals surface area contributed by atoms with E-state index in [2.05, 4.69) is 13.2 Å². The molecule has 0 radical (unpaired) electrons. The number of amides is 1. The fourth-order valence-corrected chi connectivity index (χ4v) is 3.37. The minimum atomic E-state index is -0.793. The van der Waals surface area contributed by atoms with Crippen molar-refractivity contribution in [2.45, 2.75) is 58.3 Å². The van der Waals surface area contributed by atoms with Crippen molar-refractivity contribution in [1.29, 1.82) is 0 Å². The van der Waals surface area contributed by atoms with Crippen molar-refractivity contribution in [3.05, 3.63) is 56.8 Å². The Morgan fingerprint density at radius 2 is 1.54 bits per heavy atom. The third-order valence-electron chi connectivity index (χ3n) is 4.72. The molecule has 8 heteroatoms. The molecule has 1 amide bonds. The summed E-state index contributed by atoms with van der Waals surface area (Å²) in [6.45, 7) is 9.26. The first-order valence-corrected chi connectivity index (χ1v) is 8.92. The highest BCUT2D eigenvalue weighted by molar-refractivity contribution is 5.76. The lowest BCUT2D eigenvalue weighted by atomic mass is 10.00. The summed E-state index contributed by atoms with van der Waals surface area (Å²) >= 11 is 0.